The first-order chi connectivity index (χ1) is 13.1. The Bertz CT molecular complexity index is 955. The van der Waals surface area contributed by atoms with E-state index >= 15 is 0 Å². The summed E-state index contributed by atoms with van der Waals surface area (Å²) in [5.41, 5.74) is 0.488. The summed E-state index contributed by atoms with van der Waals surface area (Å²) in [7, 11) is -3.89. The number of carbonyl (C=O) groups excluding carboxylic acids is 2. The lowest BCUT2D eigenvalue weighted by atomic mass is 10.2. The Labute approximate surface area is 163 Å². The number of amides is 1. The third kappa shape index (κ3) is 6.07. The topological polar surface area (TPSA) is 125 Å². The van der Waals surface area contributed by atoms with Gasteiger partial charge in [0.1, 0.15) is 5.75 Å². The highest BCUT2D eigenvalue weighted by atomic mass is 32.2. The number of nitrogens with one attached hydrogen (secondary N) is 1. The highest BCUT2D eigenvalue weighted by Gasteiger charge is 2.20. The molecule has 0 spiro atoms. The molecular formula is C19H22N2O6S. The maximum Gasteiger partial charge on any atom is 0.338 e. The molecule has 0 heterocycles. The van der Waals surface area contributed by atoms with E-state index in [0.717, 1.165) is 0 Å². The second-order valence-electron chi connectivity index (χ2n) is 6.30. The number of rotatable bonds is 7. The Morgan fingerprint density at radius 2 is 1.68 bits per heavy atom. The Hall–Kier alpha value is -2.91. The number of esters is 1. The third-order valence-corrected chi connectivity index (χ3v) is 4.46. The molecule has 0 saturated carbocycles. The summed E-state index contributed by atoms with van der Waals surface area (Å²) in [6.45, 7) is 5.19. The van der Waals surface area contributed by atoms with Gasteiger partial charge in [-0.1, -0.05) is 6.07 Å². The van der Waals surface area contributed by atoms with Crippen molar-refractivity contribution in [3.05, 3.63) is 54.1 Å². The smallest absolute Gasteiger partial charge is 0.338 e. The van der Waals surface area contributed by atoms with Crippen LogP contribution in [0.1, 0.15) is 31.1 Å². The fraction of sp³-hybridized carbons (Fsp3) is 0.263. The molecule has 2 aromatic carbocycles. The van der Waals surface area contributed by atoms with Crippen LogP contribution in [0, 0.1) is 0 Å². The van der Waals surface area contributed by atoms with Crippen molar-refractivity contribution in [2.45, 2.75) is 37.9 Å². The van der Waals surface area contributed by atoms with Gasteiger partial charge in [-0.25, -0.2) is 18.4 Å². The van der Waals surface area contributed by atoms with Crippen molar-refractivity contribution >= 4 is 27.6 Å². The molecule has 1 amide bonds. The molecule has 0 saturated heterocycles. The summed E-state index contributed by atoms with van der Waals surface area (Å²) in [4.78, 5) is 24.3. The van der Waals surface area contributed by atoms with Crippen molar-refractivity contribution in [2.75, 3.05) is 5.32 Å². The number of sulfonamides is 1. The van der Waals surface area contributed by atoms with E-state index in [0.29, 0.717) is 5.75 Å². The molecule has 2 aromatic rings. The van der Waals surface area contributed by atoms with Crippen LogP contribution in [0.25, 0.3) is 0 Å². The van der Waals surface area contributed by atoms with E-state index in [1.54, 1.807) is 24.3 Å². The predicted molar refractivity (Wildman–Crippen MR) is 104 cm³/mol. The van der Waals surface area contributed by atoms with Crippen LogP contribution in [0.5, 0.6) is 5.75 Å². The van der Waals surface area contributed by atoms with Gasteiger partial charge in [0, 0.05) is 5.69 Å². The lowest BCUT2D eigenvalue weighted by Gasteiger charge is -2.14. The highest BCUT2D eigenvalue weighted by Crippen LogP contribution is 2.17. The van der Waals surface area contributed by atoms with Crippen LogP contribution in [0.4, 0.5) is 5.69 Å². The van der Waals surface area contributed by atoms with Gasteiger partial charge < -0.3 is 14.8 Å². The number of benzene rings is 2. The van der Waals surface area contributed by atoms with Crippen molar-refractivity contribution in [3.63, 3.8) is 0 Å². The molecule has 150 valence electrons. The fourth-order valence-corrected chi connectivity index (χ4v) is 2.78. The zero-order chi connectivity index (χ0) is 20.9. The number of carbonyl (C=O) groups is 2. The Morgan fingerprint density at radius 1 is 1.04 bits per heavy atom. The van der Waals surface area contributed by atoms with E-state index in [1.807, 2.05) is 13.8 Å². The maximum atomic E-state index is 12.2. The quantitative estimate of drug-likeness (QED) is 0.680. The molecule has 8 nitrogen and oxygen atoms in total. The molecule has 0 aromatic heterocycles. The maximum absolute atomic E-state index is 12.2. The van der Waals surface area contributed by atoms with Crippen LogP contribution in [0.2, 0.25) is 0 Å². The van der Waals surface area contributed by atoms with Gasteiger partial charge >= 0.3 is 5.97 Å². The van der Waals surface area contributed by atoms with E-state index in [4.69, 9.17) is 14.6 Å². The molecule has 0 unspecified atom stereocenters. The normalized spacial score (nSPS) is 12.3. The minimum Gasteiger partial charge on any atom is -0.491 e. The van der Waals surface area contributed by atoms with Crippen LogP contribution >= 0.6 is 0 Å². The standard InChI is InChI=1S/C19H22N2O6S/c1-12(2)26-16-9-7-14(8-10-16)19(23)27-13(3)18(22)21-15-5-4-6-17(11-15)28(20,24)25/h4-13H,1-3H3,(H,21,22)(H2,20,24,25)/t13-/m1/s1. The second kappa shape index (κ2) is 8.85. The molecule has 0 radical (unpaired) electrons. The van der Waals surface area contributed by atoms with Crippen LogP contribution in [-0.2, 0) is 19.6 Å². The molecular weight excluding hydrogens is 384 g/mol. The zero-order valence-corrected chi connectivity index (χ0v) is 16.5. The van der Waals surface area contributed by atoms with Crippen LogP contribution in [-0.4, -0.2) is 32.5 Å². The lowest BCUT2D eigenvalue weighted by molar-refractivity contribution is -0.123. The Balaban J connectivity index is 1.99. The molecule has 0 aliphatic carbocycles. The SMILES string of the molecule is CC(C)Oc1ccc(C(=O)O[C@H](C)C(=O)Nc2cccc(S(N)(=O)=O)c2)cc1. The van der Waals surface area contributed by atoms with Crippen molar-refractivity contribution in [3.8, 4) is 5.75 Å². The summed E-state index contributed by atoms with van der Waals surface area (Å²) in [6.07, 6.45) is -1.09. The second-order valence-corrected chi connectivity index (χ2v) is 7.86. The van der Waals surface area contributed by atoms with Crippen molar-refractivity contribution in [1.82, 2.24) is 0 Å². The number of anilines is 1. The molecule has 9 heteroatoms. The summed E-state index contributed by atoms with van der Waals surface area (Å²) in [5, 5.41) is 7.55. The summed E-state index contributed by atoms with van der Waals surface area (Å²) < 4.78 is 33.4. The minimum absolute atomic E-state index is 0.00859. The molecule has 2 rings (SSSR count). The minimum atomic E-state index is -3.89. The van der Waals surface area contributed by atoms with Crippen molar-refractivity contribution in [1.29, 1.82) is 0 Å². The fourth-order valence-electron chi connectivity index (χ4n) is 2.22. The van der Waals surface area contributed by atoms with Crippen molar-refractivity contribution < 1.29 is 27.5 Å². The largest absolute Gasteiger partial charge is 0.491 e. The Morgan fingerprint density at radius 3 is 2.25 bits per heavy atom. The average Bonchev–Trinajstić information content (AvgIpc) is 2.61. The average molecular weight is 406 g/mol. The molecule has 0 aliphatic rings. The first-order valence-electron chi connectivity index (χ1n) is 8.47. The van der Waals surface area contributed by atoms with E-state index in [-0.39, 0.29) is 22.3 Å². The van der Waals surface area contributed by atoms with Gasteiger partial charge in [0.2, 0.25) is 10.0 Å². The molecule has 28 heavy (non-hydrogen) atoms. The molecule has 3 N–H and O–H groups in total. The Kier molecular flexibility index (Phi) is 6.76. The third-order valence-electron chi connectivity index (χ3n) is 3.54. The number of hydrogen-bond donors (Lipinski definition) is 2. The van der Waals surface area contributed by atoms with E-state index in [1.165, 1.54) is 31.2 Å². The summed E-state index contributed by atoms with van der Waals surface area (Å²) >= 11 is 0. The van der Waals surface area contributed by atoms with E-state index in [2.05, 4.69) is 5.32 Å². The van der Waals surface area contributed by atoms with Gasteiger partial charge in [0.15, 0.2) is 6.10 Å². The van der Waals surface area contributed by atoms with Gasteiger partial charge in [0.25, 0.3) is 5.91 Å². The number of nitrogens with two attached hydrogens (primary N) is 1. The van der Waals surface area contributed by atoms with E-state index < -0.39 is 28.0 Å². The number of primary sulfonamides is 1. The van der Waals surface area contributed by atoms with Gasteiger partial charge in [-0.3, -0.25) is 4.79 Å². The van der Waals surface area contributed by atoms with Gasteiger partial charge in [-0.05, 0) is 63.2 Å². The van der Waals surface area contributed by atoms with Crippen LogP contribution in [0.15, 0.2) is 53.4 Å². The van der Waals surface area contributed by atoms with Gasteiger partial charge in [-0.2, -0.15) is 0 Å². The van der Waals surface area contributed by atoms with Gasteiger partial charge in [0.05, 0.1) is 16.6 Å². The monoisotopic (exact) mass is 406 g/mol. The van der Waals surface area contributed by atoms with Crippen molar-refractivity contribution in [2.24, 2.45) is 5.14 Å². The van der Waals surface area contributed by atoms with Gasteiger partial charge in [-0.15, -0.1) is 0 Å². The zero-order valence-electron chi connectivity index (χ0n) is 15.7. The highest BCUT2D eigenvalue weighted by molar-refractivity contribution is 7.89. The molecule has 0 bridgehead atoms. The van der Waals surface area contributed by atoms with E-state index in [9.17, 15) is 18.0 Å². The predicted octanol–water partition coefficient (Wildman–Crippen LogP) is 2.31. The first-order valence-corrected chi connectivity index (χ1v) is 10.0. The molecule has 1 atom stereocenters. The van der Waals surface area contributed by atoms with Crippen LogP contribution < -0.4 is 15.2 Å². The number of hydrogen-bond acceptors (Lipinski definition) is 6. The molecule has 0 aliphatic heterocycles. The molecule has 0 fully saturated rings. The summed E-state index contributed by atoms with van der Waals surface area (Å²) in [6, 6.07) is 11.8. The van der Waals surface area contributed by atoms with Crippen LogP contribution in [0.3, 0.4) is 0 Å². The first kappa shape index (κ1) is 21.4. The lowest BCUT2D eigenvalue weighted by Crippen LogP contribution is -2.30. The summed E-state index contributed by atoms with van der Waals surface area (Å²) in [5.74, 6) is -0.663. The number of ether oxygens (including phenoxy) is 2.